The van der Waals surface area contributed by atoms with Crippen molar-refractivity contribution in [2.75, 3.05) is 0 Å². The van der Waals surface area contributed by atoms with Crippen molar-refractivity contribution in [1.29, 1.82) is 0 Å². The summed E-state index contributed by atoms with van der Waals surface area (Å²) in [5, 5.41) is 0. The molecule has 86 valence electrons. The van der Waals surface area contributed by atoms with Gasteiger partial charge in [0.1, 0.15) is 0 Å². The minimum Gasteiger partial charge on any atom is -0.242 e. The molecular formula is C9H5F3O4. The Kier molecular flexibility index (Phi) is 3.49. The Morgan fingerprint density at radius 1 is 1.00 bits per heavy atom. The predicted molar refractivity (Wildman–Crippen MR) is 44.0 cm³/mol. The predicted octanol–water partition coefficient (Wildman–Crippen LogP) is 1.86. The van der Waals surface area contributed by atoms with Crippen LogP contribution in [-0.2, 0) is 14.6 Å². The van der Waals surface area contributed by atoms with Crippen LogP contribution in [0.5, 0.6) is 0 Å². The summed E-state index contributed by atoms with van der Waals surface area (Å²) in [7, 11) is 0. The highest BCUT2D eigenvalue weighted by Crippen LogP contribution is 2.16. The van der Waals surface area contributed by atoms with Crippen LogP contribution in [0.1, 0.15) is 10.4 Å². The summed E-state index contributed by atoms with van der Waals surface area (Å²) in [6, 6.07) is 7.14. The number of hydrogen-bond acceptors (Lipinski definition) is 4. The molecule has 0 aliphatic carbocycles. The lowest BCUT2D eigenvalue weighted by Crippen LogP contribution is -2.26. The molecule has 0 atom stereocenters. The van der Waals surface area contributed by atoms with Gasteiger partial charge < -0.3 is 0 Å². The molecule has 0 unspecified atom stereocenters. The van der Waals surface area contributed by atoms with E-state index in [2.05, 4.69) is 9.78 Å². The summed E-state index contributed by atoms with van der Waals surface area (Å²) in [6.07, 6.45) is -5.20. The first-order valence-corrected chi connectivity index (χ1v) is 3.96. The summed E-state index contributed by atoms with van der Waals surface area (Å²) in [5.41, 5.74) is -0.0301. The Morgan fingerprint density at radius 2 is 1.56 bits per heavy atom. The lowest BCUT2D eigenvalue weighted by atomic mass is 10.2. The highest BCUT2D eigenvalue weighted by molar-refractivity contribution is 5.89. The Bertz CT molecular complexity index is 385. The zero-order valence-corrected chi connectivity index (χ0v) is 7.65. The molecule has 1 rings (SSSR count). The van der Waals surface area contributed by atoms with Crippen molar-refractivity contribution in [1.82, 2.24) is 0 Å². The Hall–Kier alpha value is -2.05. The van der Waals surface area contributed by atoms with Gasteiger partial charge in [0.05, 0.1) is 5.56 Å². The smallest absolute Gasteiger partial charge is 0.242 e. The van der Waals surface area contributed by atoms with Gasteiger partial charge in [-0.05, 0) is 12.1 Å². The first kappa shape index (κ1) is 12.0. The zero-order valence-electron chi connectivity index (χ0n) is 7.65. The lowest BCUT2D eigenvalue weighted by molar-refractivity contribution is -0.271. The zero-order chi connectivity index (χ0) is 12.2. The van der Waals surface area contributed by atoms with Crippen LogP contribution in [0, 0.1) is 0 Å². The maximum Gasteiger partial charge on any atom is 0.495 e. The third-order valence-corrected chi connectivity index (χ3v) is 1.43. The SMILES string of the molecule is O=C(OOC(=O)C(F)(F)F)c1ccccc1. The van der Waals surface area contributed by atoms with Crippen molar-refractivity contribution in [2.45, 2.75) is 6.18 Å². The quantitative estimate of drug-likeness (QED) is 0.549. The van der Waals surface area contributed by atoms with Crippen LogP contribution in [0.25, 0.3) is 0 Å². The molecule has 1 aromatic rings. The average Bonchev–Trinajstić information content (AvgIpc) is 2.25. The molecule has 1 aromatic carbocycles. The monoisotopic (exact) mass is 234 g/mol. The molecule has 0 bridgehead atoms. The molecule has 0 fully saturated rings. The van der Waals surface area contributed by atoms with E-state index in [-0.39, 0.29) is 5.56 Å². The fraction of sp³-hybridized carbons (Fsp3) is 0.111. The van der Waals surface area contributed by atoms with E-state index in [0.717, 1.165) is 0 Å². The Balaban J connectivity index is 2.52. The lowest BCUT2D eigenvalue weighted by Gasteiger charge is -2.04. The molecule has 0 aromatic heterocycles. The van der Waals surface area contributed by atoms with Crippen LogP contribution in [0.2, 0.25) is 0 Å². The largest absolute Gasteiger partial charge is 0.495 e. The van der Waals surface area contributed by atoms with E-state index in [4.69, 9.17) is 0 Å². The second-order valence-electron chi connectivity index (χ2n) is 2.61. The molecule has 0 aliphatic heterocycles. The van der Waals surface area contributed by atoms with Crippen LogP contribution in [0.3, 0.4) is 0 Å². The number of hydrogen-bond donors (Lipinski definition) is 0. The van der Waals surface area contributed by atoms with Gasteiger partial charge in [0, 0.05) is 0 Å². The van der Waals surface area contributed by atoms with Crippen molar-refractivity contribution < 1.29 is 32.5 Å². The second-order valence-corrected chi connectivity index (χ2v) is 2.61. The summed E-state index contributed by atoms with van der Waals surface area (Å²) in [6.45, 7) is 0. The average molecular weight is 234 g/mol. The number of carbonyl (C=O) groups is 2. The van der Waals surface area contributed by atoms with Gasteiger partial charge in [-0.3, -0.25) is 0 Å². The van der Waals surface area contributed by atoms with E-state index in [1.54, 1.807) is 6.07 Å². The normalized spacial score (nSPS) is 10.7. The fourth-order valence-corrected chi connectivity index (χ4v) is 0.745. The highest BCUT2D eigenvalue weighted by Gasteiger charge is 2.43. The minimum absolute atomic E-state index is 0.0301. The van der Waals surface area contributed by atoms with Crippen molar-refractivity contribution >= 4 is 11.9 Å². The highest BCUT2D eigenvalue weighted by atomic mass is 19.4. The van der Waals surface area contributed by atoms with Gasteiger partial charge in [-0.2, -0.15) is 13.2 Å². The Labute approximate surface area is 87.5 Å². The Morgan fingerprint density at radius 3 is 2.06 bits per heavy atom. The van der Waals surface area contributed by atoms with Crippen LogP contribution in [-0.4, -0.2) is 18.1 Å². The first-order valence-electron chi connectivity index (χ1n) is 3.96. The third kappa shape index (κ3) is 3.26. The molecular weight excluding hydrogens is 229 g/mol. The summed E-state index contributed by atoms with van der Waals surface area (Å²) in [4.78, 5) is 28.2. The molecule has 0 N–H and O–H groups in total. The number of halogens is 3. The maximum absolute atomic E-state index is 11.6. The molecule has 0 saturated heterocycles. The molecule has 0 saturated carbocycles. The van der Waals surface area contributed by atoms with Crippen molar-refractivity contribution in [3.8, 4) is 0 Å². The molecule has 0 amide bonds. The van der Waals surface area contributed by atoms with Gasteiger partial charge in [-0.1, -0.05) is 18.2 Å². The van der Waals surface area contributed by atoms with E-state index in [0.29, 0.717) is 0 Å². The summed E-state index contributed by atoms with van der Waals surface area (Å²) < 4.78 is 34.9. The van der Waals surface area contributed by atoms with Crippen LogP contribution in [0.15, 0.2) is 30.3 Å². The van der Waals surface area contributed by atoms with E-state index < -0.39 is 18.1 Å². The topological polar surface area (TPSA) is 52.6 Å². The molecule has 0 radical (unpaired) electrons. The van der Waals surface area contributed by atoms with Crippen LogP contribution < -0.4 is 0 Å². The minimum atomic E-state index is -5.20. The number of alkyl halides is 3. The van der Waals surface area contributed by atoms with Crippen molar-refractivity contribution in [2.24, 2.45) is 0 Å². The number of carbonyl (C=O) groups excluding carboxylic acids is 2. The molecule has 0 heterocycles. The standard InChI is InChI=1S/C9H5F3O4/c10-9(11,12)8(14)16-15-7(13)6-4-2-1-3-5-6/h1-5H. The van der Waals surface area contributed by atoms with Crippen LogP contribution in [0.4, 0.5) is 13.2 Å². The van der Waals surface area contributed by atoms with Gasteiger partial charge in [-0.15, -0.1) is 0 Å². The first-order chi connectivity index (χ1) is 7.41. The molecule has 4 nitrogen and oxygen atoms in total. The molecule has 7 heteroatoms. The van der Waals surface area contributed by atoms with Crippen molar-refractivity contribution in [3.05, 3.63) is 35.9 Å². The molecule has 16 heavy (non-hydrogen) atoms. The van der Waals surface area contributed by atoms with Gasteiger partial charge in [0.25, 0.3) is 0 Å². The summed E-state index contributed by atoms with van der Waals surface area (Å²) in [5.74, 6) is -3.77. The van der Waals surface area contributed by atoms with Gasteiger partial charge >= 0.3 is 18.1 Å². The third-order valence-electron chi connectivity index (χ3n) is 1.43. The maximum atomic E-state index is 11.6. The number of benzene rings is 1. The van der Waals surface area contributed by atoms with Gasteiger partial charge in [0.15, 0.2) is 0 Å². The van der Waals surface area contributed by atoms with Gasteiger partial charge in [-0.25, -0.2) is 19.4 Å². The summed E-state index contributed by atoms with van der Waals surface area (Å²) >= 11 is 0. The molecule has 0 aliphatic rings. The van der Waals surface area contributed by atoms with Crippen molar-refractivity contribution in [3.63, 3.8) is 0 Å². The molecule has 0 spiro atoms. The van der Waals surface area contributed by atoms with E-state index >= 15 is 0 Å². The number of rotatable bonds is 1. The van der Waals surface area contributed by atoms with E-state index in [9.17, 15) is 22.8 Å². The van der Waals surface area contributed by atoms with E-state index in [1.165, 1.54) is 24.3 Å². The second kappa shape index (κ2) is 4.65. The fourth-order valence-electron chi connectivity index (χ4n) is 0.745. The van der Waals surface area contributed by atoms with E-state index in [1.807, 2.05) is 0 Å². The van der Waals surface area contributed by atoms with Gasteiger partial charge in [0.2, 0.25) is 0 Å². The van der Waals surface area contributed by atoms with Crippen LogP contribution >= 0.6 is 0 Å².